The van der Waals surface area contributed by atoms with Gasteiger partial charge in [-0.1, -0.05) is 152 Å². The number of aryl methyl sites for hydroxylation is 4. The number of rotatable bonds is 10. The first-order valence-electron chi connectivity index (χ1n) is 25.6. The maximum Gasteiger partial charge on any atom is 0.257 e. The molecule has 0 fully saturated rings. The van der Waals surface area contributed by atoms with Crippen LogP contribution < -0.4 is 20.1 Å². The highest BCUT2D eigenvalue weighted by atomic mass is 28.3. The highest BCUT2D eigenvalue weighted by Gasteiger charge is 2.47. The van der Waals surface area contributed by atoms with Crippen LogP contribution in [0.3, 0.4) is 0 Å². The second-order valence-corrected chi connectivity index (χ2v) is 18.2. The Hall–Kier alpha value is -7.14. The van der Waals surface area contributed by atoms with E-state index in [4.69, 9.17) is 26.4 Å². The summed E-state index contributed by atoms with van der Waals surface area (Å²) in [4.78, 5) is 9.58. The van der Waals surface area contributed by atoms with Crippen LogP contribution in [0.15, 0.2) is 213 Å². The lowest BCUT2D eigenvalue weighted by molar-refractivity contribution is 1.29. The van der Waals surface area contributed by atoms with Crippen molar-refractivity contribution in [3.8, 4) is 44.8 Å². The van der Waals surface area contributed by atoms with Crippen LogP contribution in [-0.4, -0.2) is 18.2 Å². The second kappa shape index (κ2) is 16.6. The summed E-state index contributed by atoms with van der Waals surface area (Å²) >= 11 is 0. The van der Waals surface area contributed by atoms with Gasteiger partial charge in [-0.2, -0.15) is 0 Å². The molecule has 0 aliphatic rings. The molecule has 4 heteroatoms. The van der Waals surface area contributed by atoms with Crippen LogP contribution in [0, 0.1) is 27.4 Å². The quantitative estimate of drug-likeness (QED) is 0.102. The van der Waals surface area contributed by atoms with E-state index in [1.807, 2.05) is 103 Å². The third-order valence-corrected chi connectivity index (χ3v) is 15.6. The highest BCUT2D eigenvalue weighted by Crippen LogP contribution is 2.38. The maximum atomic E-state index is 8.38. The Morgan fingerprint density at radius 1 is 0.367 bits per heavy atom. The molecule has 3 nitrogen and oxygen atoms in total. The first kappa shape index (κ1) is 26.8. The monoisotopic (exact) mass is 801 g/mol. The smallest absolute Gasteiger partial charge is 0.257 e. The van der Waals surface area contributed by atoms with Crippen molar-refractivity contribution >= 4 is 35.2 Å². The predicted molar refractivity (Wildman–Crippen MR) is 255 cm³/mol. The Bertz CT molecular complexity index is 3050. The summed E-state index contributed by atoms with van der Waals surface area (Å²) in [5.74, 6) is 0. The molecule has 9 rings (SSSR count). The summed E-state index contributed by atoms with van der Waals surface area (Å²) in [5, 5.41) is 3.20. The van der Waals surface area contributed by atoms with E-state index >= 15 is 0 Å². The minimum atomic E-state index is -3.48. The van der Waals surface area contributed by atoms with Gasteiger partial charge in [0.1, 0.15) is 0 Å². The van der Waals surface area contributed by atoms with E-state index in [1.165, 1.54) is 36.4 Å². The van der Waals surface area contributed by atoms with Crippen molar-refractivity contribution in [1.29, 1.82) is 0 Å². The first-order chi connectivity index (χ1) is 34.3. The molecule has 0 spiro atoms. The Morgan fingerprint density at radius 3 is 1.10 bits per heavy atom. The number of pyridine rings is 2. The van der Waals surface area contributed by atoms with Crippen LogP contribution in [-0.2, 0) is 0 Å². The lowest BCUT2D eigenvalue weighted by Gasteiger charge is -2.45. The van der Waals surface area contributed by atoms with Gasteiger partial charge < -0.3 is 4.57 Å². The summed E-state index contributed by atoms with van der Waals surface area (Å²) in [6.45, 7) is -10.4. The van der Waals surface area contributed by atoms with Crippen molar-refractivity contribution in [1.82, 2.24) is 9.97 Å². The molecule has 2 heterocycles. The second-order valence-electron chi connectivity index (χ2n) is 14.6. The van der Waals surface area contributed by atoms with Crippen molar-refractivity contribution in [2.75, 3.05) is 4.57 Å². The summed E-state index contributed by atoms with van der Waals surface area (Å²) in [7, 11) is -3.48. The summed E-state index contributed by atoms with van der Waals surface area (Å²) < 4.78 is 103. The van der Waals surface area contributed by atoms with E-state index in [2.05, 4.69) is 41.0 Å². The molecule has 0 radical (unpaired) electrons. The zero-order chi connectivity index (χ0) is 51.1. The molecule has 0 bridgehead atoms. The predicted octanol–water partition coefficient (Wildman–Crippen LogP) is 12.2. The standard InChI is InChI=1S/C56H47N3Si/c1-40-18-14-19-41(2)55(40)46-32-34-57-53(38-46)44-22-16-24-48(36-44)59(60(50-26-8-5-9-27-50,51-28-10-6-11-29-51)52-30-12-7-13-31-52)49-25-17-23-45(37-49)54-39-47(33-35-58-54)56-42(3)20-15-21-43(56)4/h5-39H,1-4H3/i1D3,2D3,3D3,4D3. The molecule has 0 amide bonds. The molecule has 0 saturated carbocycles. The zero-order valence-electron chi connectivity index (χ0n) is 44.5. The van der Waals surface area contributed by atoms with Gasteiger partial charge in [0, 0.05) is 51.3 Å². The van der Waals surface area contributed by atoms with Crippen LogP contribution in [0.2, 0.25) is 0 Å². The molecule has 0 aliphatic carbocycles. The van der Waals surface area contributed by atoms with E-state index in [-0.39, 0.29) is 33.4 Å². The number of benzene rings is 7. The van der Waals surface area contributed by atoms with E-state index < -0.39 is 35.6 Å². The topological polar surface area (TPSA) is 29.0 Å². The molecule has 0 unspecified atom stereocenters. The van der Waals surface area contributed by atoms with Gasteiger partial charge in [0.15, 0.2) is 0 Å². The van der Waals surface area contributed by atoms with E-state index in [9.17, 15) is 0 Å². The van der Waals surface area contributed by atoms with Crippen molar-refractivity contribution < 1.29 is 16.4 Å². The van der Waals surface area contributed by atoms with Gasteiger partial charge in [-0.3, -0.25) is 9.97 Å². The fourth-order valence-electron chi connectivity index (χ4n) is 8.28. The zero-order valence-corrected chi connectivity index (χ0v) is 33.5. The van der Waals surface area contributed by atoms with Gasteiger partial charge in [-0.25, -0.2) is 0 Å². The van der Waals surface area contributed by atoms with E-state index in [0.717, 1.165) is 26.9 Å². The maximum absolute atomic E-state index is 8.38. The molecule has 0 saturated heterocycles. The van der Waals surface area contributed by atoms with E-state index in [0.29, 0.717) is 33.6 Å². The average molecular weight is 802 g/mol. The van der Waals surface area contributed by atoms with Crippen LogP contribution in [0.25, 0.3) is 44.8 Å². The Labute approximate surface area is 372 Å². The number of anilines is 2. The molecule has 9 aromatic rings. The molecule has 0 N–H and O–H groups in total. The first-order valence-corrected chi connectivity index (χ1v) is 21.6. The number of hydrogen-bond acceptors (Lipinski definition) is 3. The van der Waals surface area contributed by atoms with E-state index in [1.54, 1.807) is 36.7 Å². The highest BCUT2D eigenvalue weighted by molar-refractivity contribution is 7.14. The number of aromatic nitrogens is 2. The number of nitrogens with zero attached hydrogens (tertiary/aromatic N) is 3. The van der Waals surface area contributed by atoms with Crippen molar-refractivity contribution in [3.05, 3.63) is 235 Å². The van der Waals surface area contributed by atoms with Gasteiger partial charge in [-0.05, 0) is 136 Å². The lowest BCUT2D eigenvalue weighted by atomic mass is 9.95. The third-order valence-electron chi connectivity index (χ3n) is 10.9. The normalized spacial score (nSPS) is 15.1. The molecule has 7 aromatic carbocycles. The van der Waals surface area contributed by atoms with Gasteiger partial charge in [0.05, 0.1) is 11.4 Å². The van der Waals surface area contributed by atoms with Crippen LogP contribution >= 0.6 is 0 Å². The number of hydrogen-bond donors (Lipinski definition) is 0. The molecule has 0 aliphatic heterocycles. The van der Waals surface area contributed by atoms with Crippen LogP contribution in [0.5, 0.6) is 0 Å². The lowest BCUT2D eigenvalue weighted by Crippen LogP contribution is -2.76. The molecular formula is C56H47N3Si. The minimum absolute atomic E-state index is 0.0725. The van der Waals surface area contributed by atoms with Gasteiger partial charge in [0.25, 0.3) is 8.24 Å². The largest absolute Gasteiger partial charge is 0.356 e. The molecule has 0 atom stereocenters. The van der Waals surface area contributed by atoms with Gasteiger partial charge >= 0.3 is 0 Å². The Balaban J connectivity index is 1.30. The fraction of sp³-hybridized carbons (Fsp3) is 0.0714. The summed E-state index contributed by atoms with van der Waals surface area (Å²) in [6, 6.07) is 62.4. The van der Waals surface area contributed by atoms with Crippen LogP contribution in [0.4, 0.5) is 11.4 Å². The average Bonchev–Trinajstić information content (AvgIpc) is 3.37. The SMILES string of the molecule is [2H]C([2H])([2H])c1cccc(C([2H])([2H])[2H])c1-c1ccnc(-c2cccc(N(c3cccc(-c4cc(-c5c(C([2H])([2H])[2H])cccc5C([2H])([2H])[2H])ccn4)c3)[Si](c3ccccc3)(c3ccccc3)c3ccccc3)c2)c1. The minimum Gasteiger partial charge on any atom is -0.356 e. The molecule has 290 valence electrons. The van der Waals surface area contributed by atoms with Crippen molar-refractivity contribution in [2.45, 2.75) is 27.4 Å². The summed E-state index contributed by atoms with van der Waals surface area (Å²) in [6.07, 6.45) is 3.13. The van der Waals surface area contributed by atoms with Gasteiger partial charge in [-0.15, -0.1) is 0 Å². The van der Waals surface area contributed by atoms with Crippen molar-refractivity contribution in [2.24, 2.45) is 0 Å². The third kappa shape index (κ3) is 7.16. The van der Waals surface area contributed by atoms with Crippen LogP contribution in [0.1, 0.15) is 38.7 Å². The summed E-state index contributed by atoms with van der Waals surface area (Å²) in [5.41, 5.74) is 4.64. The molecular weight excluding hydrogens is 743 g/mol. The fourth-order valence-corrected chi connectivity index (χ4v) is 13.1. The Kier molecular flexibility index (Phi) is 7.41. The molecule has 2 aromatic heterocycles. The van der Waals surface area contributed by atoms with Gasteiger partial charge in [0.2, 0.25) is 0 Å². The molecule has 60 heavy (non-hydrogen) atoms. The Morgan fingerprint density at radius 2 is 0.733 bits per heavy atom. The van der Waals surface area contributed by atoms with Crippen molar-refractivity contribution in [3.63, 3.8) is 0 Å².